The Balaban J connectivity index is 1.22. The highest BCUT2D eigenvalue weighted by Gasteiger charge is 2.27. The first-order valence-electron chi connectivity index (χ1n) is 13.0. The molecule has 2 aliphatic heterocycles. The average Bonchev–Trinajstić information content (AvgIpc) is 2.85. The smallest absolute Gasteiger partial charge is 0.338 e. The lowest BCUT2D eigenvalue weighted by molar-refractivity contribution is 0.00695. The molecule has 0 atom stereocenters. The molecule has 196 valence electrons. The van der Waals surface area contributed by atoms with Crippen LogP contribution in [-0.4, -0.2) is 55.3 Å². The molecule has 2 saturated heterocycles. The first-order chi connectivity index (χ1) is 17.1. The van der Waals surface area contributed by atoms with E-state index in [1.54, 1.807) is 0 Å². The van der Waals surface area contributed by atoms with Gasteiger partial charge in [-0.05, 0) is 95.2 Å². The zero-order valence-corrected chi connectivity index (χ0v) is 23.4. The summed E-state index contributed by atoms with van der Waals surface area (Å²) in [5, 5.41) is 1.29. The number of hydrogen-bond acceptors (Lipinski definition) is 5. The van der Waals surface area contributed by atoms with Gasteiger partial charge in [-0.1, -0.05) is 29.3 Å². The number of carbonyl (C=O) groups excluding carboxylic acids is 1. The van der Waals surface area contributed by atoms with Crippen LogP contribution in [0.15, 0.2) is 36.4 Å². The van der Waals surface area contributed by atoms with Gasteiger partial charge in [-0.3, -0.25) is 0 Å². The van der Waals surface area contributed by atoms with Gasteiger partial charge >= 0.3 is 5.97 Å². The summed E-state index contributed by atoms with van der Waals surface area (Å²) >= 11 is 12.6. The van der Waals surface area contributed by atoms with Crippen LogP contribution in [0.3, 0.4) is 0 Å². The molecule has 36 heavy (non-hydrogen) atoms. The van der Waals surface area contributed by atoms with Gasteiger partial charge in [-0.2, -0.15) is 0 Å². The van der Waals surface area contributed by atoms with Crippen molar-refractivity contribution in [3.05, 3.63) is 57.6 Å². The molecule has 0 unspecified atom stereocenters. The quantitative estimate of drug-likeness (QED) is 0.374. The number of halogens is 2. The topological polar surface area (TPSA) is 42.0 Å². The van der Waals surface area contributed by atoms with Crippen molar-refractivity contribution in [3.63, 3.8) is 0 Å². The van der Waals surface area contributed by atoms with Gasteiger partial charge in [0.15, 0.2) is 0 Å². The number of hydrogen-bond donors (Lipinski definition) is 0. The van der Waals surface area contributed by atoms with E-state index < -0.39 is 5.60 Å². The minimum absolute atomic E-state index is 0.193. The maximum absolute atomic E-state index is 12.5. The minimum Gasteiger partial charge on any atom is -0.489 e. The van der Waals surface area contributed by atoms with Gasteiger partial charge in [-0.25, -0.2) is 4.79 Å². The molecule has 0 saturated carbocycles. The third kappa shape index (κ3) is 7.08. The van der Waals surface area contributed by atoms with Gasteiger partial charge in [0.05, 0.1) is 10.6 Å². The minimum atomic E-state index is -0.492. The number of piperidine rings is 2. The van der Waals surface area contributed by atoms with Crippen LogP contribution in [-0.2, 0) is 4.74 Å². The van der Waals surface area contributed by atoms with E-state index in [1.807, 2.05) is 58.0 Å². The predicted molar refractivity (Wildman–Crippen MR) is 148 cm³/mol. The van der Waals surface area contributed by atoms with E-state index in [0.717, 1.165) is 75.4 Å². The Labute approximate surface area is 225 Å². The highest BCUT2D eigenvalue weighted by Crippen LogP contribution is 2.34. The Morgan fingerprint density at radius 2 is 1.69 bits per heavy atom. The number of likely N-dealkylation sites (tertiary alicyclic amines) is 1. The number of anilines is 1. The standard InChI is InChI=1S/C29H38Cl2N2O3/c1-20-25(30)8-9-26(27(20)31)35-24-12-14-32(15-13-24)19-21-10-16-33(17-11-21)23-7-5-6-22(18-23)28(34)36-29(2,3)4/h5-9,18,21,24H,10-17,19H2,1-4H3. The molecule has 0 radical (unpaired) electrons. The SMILES string of the molecule is Cc1c(Cl)ccc(OC2CCN(CC3CCN(c4cccc(C(=O)OC(C)(C)C)c4)CC3)CC2)c1Cl. The summed E-state index contributed by atoms with van der Waals surface area (Å²) in [5.41, 5.74) is 2.10. The summed E-state index contributed by atoms with van der Waals surface area (Å²) in [7, 11) is 0. The second kappa shape index (κ2) is 11.6. The Morgan fingerprint density at radius 3 is 2.36 bits per heavy atom. The molecule has 7 heteroatoms. The summed E-state index contributed by atoms with van der Waals surface area (Å²) in [6.45, 7) is 12.9. The average molecular weight is 534 g/mol. The molecule has 0 spiro atoms. The van der Waals surface area contributed by atoms with E-state index in [0.29, 0.717) is 21.5 Å². The molecule has 4 rings (SSSR count). The third-order valence-electron chi connectivity index (χ3n) is 7.09. The van der Waals surface area contributed by atoms with E-state index in [-0.39, 0.29) is 12.1 Å². The Hall–Kier alpha value is -1.95. The van der Waals surface area contributed by atoms with Gasteiger partial charge < -0.3 is 19.3 Å². The van der Waals surface area contributed by atoms with Crippen LogP contribution in [0.4, 0.5) is 5.69 Å². The van der Waals surface area contributed by atoms with E-state index in [9.17, 15) is 4.79 Å². The largest absolute Gasteiger partial charge is 0.489 e. The lowest BCUT2D eigenvalue weighted by Crippen LogP contribution is -2.43. The molecule has 2 heterocycles. The highest BCUT2D eigenvalue weighted by molar-refractivity contribution is 6.36. The molecule has 0 N–H and O–H groups in total. The zero-order chi connectivity index (χ0) is 25.9. The summed E-state index contributed by atoms with van der Waals surface area (Å²) in [4.78, 5) is 17.4. The molecule has 0 aromatic heterocycles. The van der Waals surface area contributed by atoms with Crippen LogP contribution in [0.25, 0.3) is 0 Å². The number of nitrogens with zero attached hydrogens (tertiary/aromatic N) is 2. The Bertz CT molecular complexity index is 1050. The number of carbonyl (C=O) groups is 1. The maximum atomic E-state index is 12.5. The van der Waals surface area contributed by atoms with Gasteiger partial charge in [0.1, 0.15) is 17.5 Å². The highest BCUT2D eigenvalue weighted by atomic mass is 35.5. The second-order valence-electron chi connectivity index (χ2n) is 11.1. The molecule has 5 nitrogen and oxygen atoms in total. The fraction of sp³-hybridized carbons (Fsp3) is 0.552. The van der Waals surface area contributed by atoms with Crippen molar-refractivity contribution in [2.24, 2.45) is 5.92 Å². The summed E-state index contributed by atoms with van der Waals surface area (Å²) in [6, 6.07) is 11.6. The van der Waals surface area contributed by atoms with Crippen molar-refractivity contribution in [3.8, 4) is 5.75 Å². The van der Waals surface area contributed by atoms with E-state index in [4.69, 9.17) is 32.7 Å². The van der Waals surface area contributed by atoms with Crippen LogP contribution in [0.1, 0.15) is 62.4 Å². The third-order valence-corrected chi connectivity index (χ3v) is 7.97. The van der Waals surface area contributed by atoms with Crippen LogP contribution in [0.2, 0.25) is 10.0 Å². The fourth-order valence-electron chi connectivity index (χ4n) is 5.02. The molecule has 0 aliphatic carbocycles. The summed E-state index contributed by atoms with van der Waals surface area (Å²) in [6.07, 6.45) is 4.53. The molecule has 2 aliphatic rings. The van der Waals surface area contributed by atoms with Crippen LogP contribution >= 0.6 is 23.2 Å². The van der Waals surface area contributed by atoms with Crippen molar-refractivity contribution >= 4 is 34.9 Å². The van der Waals surface area contributed by atoms with E-state index in [2.05, 4.69) is 15.9 Å². The number of rotatable bonds is 6. The fourth-order valence-corrected chi connectivity index (χ4v) is 5.44. The summed E-state index contributed by atoms with van der Waals surface area (Å²) in [5.74, 6) is 1.17. The Morgan fingerprint density at radius 1 is 1.00 bits per heavy atom. The van der Waals surface area contributed by atoms with E-state index >= 15 is 0 Å². The lowest BCUT2D eigenvalue weighted by atomic mass is 9.94. The normalized spacial score (nSPS) is 18.3. The maximum Gasteiger partial charge on any atom is 0.338 e. The van der Waals surface area contributed by atoms with Crippen LogP contribution in [0, 0.1) is 12.8 Å². The molecule has 2 aromatic rings. The van der Waals surface area contributed by atoms with Crippen molar-refractivity contribution in [2.75, 3.05) is 37.6 Å². The van der Waals surface area contributed by atoms with Gasteiger partial charge in [0, 0.05) is 43.4 Å². The predicted octanol–water partition coefficient (Wildman–Crippen LogP) is 7.02. The number of benzene rings is 2. The molecule has 2 aromatic carbocycles. The van der Waals surface area contributed by atoms with Crippen LogP contribution < -0.4 is 9.64 Å². The van der Waals surface area contributed by atoms with Gasteiger partial charge in [0.2, 0.25) is 0 Å². The molecule has 0 amide bonds. The second-order valence-corrected chi connectivity index (χ2v) is 11.9. The molecule has 2 fully saturated rings. The van der Waals surface area contributed by atoms with Crippen molar-refractivity contribution in [1.82, 2.24) is 4.90 Å². The van der Waals surface area contributed by atoms with Crippen molar-refractivity contribution in [2.45, 2.75) is 65.1 Å². The number of ether oxygens (including phenoxy) is 2. The van der Waals surface area contributed by atoms with E-state index in [1.165, 1.54) is 0 Å². The van der Waals surface area contributed by atoms with Gasteiger partial charge in [0.25, 0.3) is 0 Å². The van der Waals surface area contributed by atoms with Crippen LogP contribution in [0.5, 0.6) is 5.75 Å². The number of esters is 1. The first-order valence-corrected chi connectivity index (χ1v) is 13.8. The van der Waals surface area contributed by atoms with Gasteiger partial charge in [-0.15, -0.1) is 0 Å². The van der Waals surface area contributed by atoms with Crippen molar-refractivity contribution in [1.29, 1.82) is 0 Å². The molecule has 0 bridgehead atoms. The molecular formula is C29H38Cl2N2O3. The zero-order valence-electron chi connectivity index (χ0n) is 21.9. The monoisotopic (exact) mass is 532 g/mol. The lowest BCUT2D eigenvalue weighted by Gasteiger charge is -2.38. The summed E-state index contributed by atoms with van der Waals surface area (Å²) < 4.78 is 11.8. The molecular weight excluding hydrogens is 495 g/mol. The first kappa shape index (κ1) is 27.1. The van der Waals surface area contributed by atoms with Crippen molar-refractivity contribution < 1.29 is 14.3 Å². The Kier molecular flexibility index (Phi) is 8.75.